The summed E-state index contributed by atoms with van der Waals surface area (Å²) in [5.41, 5.74) is 6.76. The maximum Gasteiger partial charge on any atom is 0.407 e. The molecule has 8 atom stereocenters. The van der Waals surface area contributed by atoms with Crippen molar-refractivity contribution in [2.45, 2.75) is 165 Å². The number of rotatable bonds is 7. The Balaban J connectivity index is 0.000000215. The van der Waals surface area contributed by atoms with Gasteiger partial charge in [0.1, 0.15) is 43.2 Å². The molecule has 7 aliphatic rings. The highest BCUT2D eigenvalue weighted by molar-refractivity contribution is 5.78. The second-order valence-electron chi connectivity index (χ2n) is 17.3. The normalized spacial score (nSPS) is 40.0. The van der Waals surface area contributed by atoms with Gasteiger partial charge in [0.25, 0.3) is 0 Å². The van der Waals surface area contributed by atoms with Crippen LogP contribution in [0.25, 0.3) is 0 Å². The van der Waals surface area contributed by atoms with Crippen LogP contribution < -0.4 is 16.4 Å². The van der Waals surface area contributed by atoms with E-state index in [1.165, 1.54) is 0 Å². The maximum absolute atomic E-state index is 13.1. The second kappa shape index (κ2) is 15.0. The molecule has 1 aliphatic carbocycles. The number of nitrogens with two attached hydrogens (primary N) is 1. The van der Waals surface area contributed by atoms with Crippen molar-refractivity contribution in [1.29, 1.82) is 0 Å². The van der Waals surface area contributed by atoms with Crippen LogP contribution in [-0.4, -0.2) is 116 Å². The molecule has 7 fully saturated rings. The average Bonchev–Trinajstić information content (AvgIpc) is 3.81. The number of carbonyl (C=O) groups excluding carboxylic acids is 2. The fraction of sp³-hybridized carbons (Fsp3) is 0.795. The van der Waals surface area contributed by atoms with E-state index in [4.69, 9.17) is 57.8 Å². The molecule has 1 saturated carbocycles. The van der Waals surface area contributed by atoms with Crippen LogP contribution in [0.15, 0.2) is 30.3 Å². The highest BCUT2D eigenvalue weighted by atomic mass is 16.9. The average molecular weight is 778 g/mol. The minimum absolute atomic E-state index is 0.0101. The molecule has 0 bridgehead atoms. The van der Waals surface area contributed by atoms with E-state index in [2.05, 4.69) is 10.6 Å². The van der Waals surface area contributed by atoms with Gasteiger partial charge in [-0.3, -0.25) is 4.79 Å². The molecule has 1 aromatic carbocycles. The topological polar surface area (TPSA) is 186 Å². The quantitative estimate of drug-likeness (QED) is 0.366. The lowest BCUT2D eigenvalue weighted by Crippen LogP contribution is -2.63. The van der Waals surface area contributed by atoms with Crippen molar-refractivity contribution in [2.75, 3.05) is 26.3 Å². The van der Waals surface area contributed by atoms with Gasteiger partial charge in [-0.25, -0.2) is 4.79 Å². The Hall–Kier alpha value is -2.48. The predicted molar refractivity (Wildman–Crippen MR) is 193 cm³/mol. The van der Waals surface area contributed by atoms with E-state index in [-0.39, 0.29) is 74.7 Å². The largest absolute Gasteiger partial charge is 0.445 e. The van der Waals surface area contributed by atoms with Crippen LogP contribution in [0.1, 0.15) is 86.6 Å². The Morgan fingerprint density at radius 1 is 0.709 bits per heavy atom. The SMILES string of the molecule is CC1(C)O[C@@H]2[C@@H](CO[C@@]3(CN)OC(C)(C)O[C@@H]23)O1.CC1(C)O[C@@H]2[C@@H](CO[C@@]3(CNC(=O)C4CCC(NC(=O)OCc5ccccc5)CC4)OC(C)(C)O[C@@H]23)O1. The van der Waals surface area contributed by atoms with Gasteiger partial charge in [0.2, 0.25) is 17.5 Å². The van der Waals surface area contributed by atoms with E-state index in [0.29, 0.717) is 32.3 Å². The molecule has 8 rings (SSSR count). The summed E-state index contributed by atoms with van der Waals surface area (Å²) in [5.74, 6) is -5.26. The Bertz CT molecular complexity index is 1540. The van der Waals surface area contributed by atoms with Crippen LogP contribution in [0.5, 0.6) is 0 Å². The summed E-state index contributed by atoms with van der Waals surface area (Å²) in [6.07, 6.45) is 0.464. The lowest BCUT2D eigenvalue weighted by atomic mass is 9.85. The Morgan fingerprint density at radius 3 is 1.80 bits per heavy atom. The van der Waals surface area contributed by atoms with Gasteiger partial charge in [-0.1, -0.05) is 30.3 Å². The molecule has 0 aromatic heterocycles. The number of carbonyl (C=O) groups is 2. The number of hydrogen-bond acceptors (Lipinski definition) is 14. The number of hydrogen-bond donors (Lipinski definition) is 3. The third kappa shape index (κ3) is 8.84. The van der Waals surface area contributed by atoms with E-state index in [1.54, 1.807) is 0 Å². The zero-order valence-corrected chi connectivity index (χ0v) is 33.3. The summed E-state index contributed by atoms with van der Waals surface area (Å²) in [6, 6.07) is 9.55. The van der Waals surface area contributed by atoms with Gasteiger partial charge >= 0.3 is 6.09 Å². The van der Waals surface area contributed by atoms with Crippen LogP contribution in [0.3, 0.4) is 0 Å². The van der Waals surface area contributed by atoms with Crippen LogP contribution in [0, 0.1) is 5.92 Å². The van der Waals surface area contributed by atoms with Crippen molar-refractivity contribution in [3.8, 4) is 0 Å². The van der Waals surface area contributed by atoms with Crippen molar-refractivity contribution < 1.29 is 61.7 Å². The van der Waals surface area contributed by atoms with Gasteiger partial charge in [0, 0.05) is 12.0 Å². The minimum atomic E-state index is -1.15. The number of ether oxygens (including phenoxy) is 11. The third-order valence-electron chi connectivity index (χ3n) is 11.0. The Kier molecular flexibility index (Phi) is 11.1. The van der Waals surface area contributed by atoms with E-state index in [1.807, 2.05) is 85.7 Å². The van der Waals surface area contributed by atoms with Crippen LogP contribution in [0.2, 0.25) is 0 Å². The van der Waals surface area contributed by atoms with Crippen molar-refractivity contribution in [2.24, 2.45) is 11.7 Å². The Labute approximate surface area is 322 Å². The summed E-state index contributed by atoms with van der Waals surface area (Å²) in [7, 11) is 0. The first-order chi connectivity index (χ1) is 25.8. The lowest BCUT2D eigenvalue weighted by Gasteiger charge is -2.41. The minimum Gasteiger partial charge on any atom is -0.445 e. The summed E-state index contributed by atoms with van der Waals surface area (Å²) in [5, 5.41) is 5.96. The molecule has 4 N–H and O–H groups in total. The number of amides is 2. The standard InChI is InChI=1S/C27H38N2O8.C12H21NO5/c1-25(2)34-20-15-33-27(22(21(20)35-25)36-26(3,4)37-27)16-28-23(30)18-10-12-19(13-11-18)29-24(31)32-14-17-8-6-5-7-9-17;1-10(2)15-7-5-14-12(6-13)9(8(7)16-10)17-11(3,4)18-12/h5-9,18-22H,10-16H2,1-4H3,(H,28,30)(H,29,31);7-9H,5-6,13H2,1-4H3/t18?,19?,20-,21-,22+,27+;7-,8-,9+,12+/m11/s1. The molecule has 308 valence electrons. The molecular formula is C39H59N3O13. The van der Waals surface area contributed by atoms with E-state index >= 15 is 0 Å². The highest BCUT2D eigenvalue weighted by Crippen LogP contribution is 2.48. The molecular weight excluding hydrogens is 718 g/mol. The summed E-state index contributed by atoms with van der Waals surface area (Å²) < 4.78 is 65.3. The molecule has 6 heterocycles. The third-order valence-corrected chi connectivity index (χ3v) is 11.0. The maximum atomic E-state index is 13.1. The zero-order valence-electron chi connectivity index (χ0n) is 33.3. The molecule has 6 saturated heterocycles. The lowest BCUT2D eigenvalue weighted by molar-refractivity contribution is -0.277. The molecule has 16 heteroatoms. The number of fused-ring (bicyclic) bond motifs is 6. The molecule has 16 nitrogen and oxygen atoms in total. The van der Waals surface area contributed by atoms with Crippen LogP contribution in [0.4, 0.5) is 4.79 Å². The van der Waals surface area contributed by atoms with Crippen LogP contribution >= 0.6 is 0 Å². The molecule has 2 amide bonds. The zero-order chi connectivity index (χ0) is 39.4. The van der Waals surface area contributed by atoms with E-state index in [0.717, 1.165) is 5.56 Å². The molecule has 0 radical (unpaired) electrons. The smallest absolute Gasteiger partial charge is 0.407 e. The number of nitrogens with one attached hydrogen (secondary N) is 2. The molecule has 0 unspecified atom stereocenters. The molecule has 0 spiro atoms. The highest BCUT2D eigenvalue weighted by Gasteiger charge is 2.66. The van der Waals surface area contributed by atoms with Gasteiger partial charge < -0.3 is 68.5 Å². The predicted octanol–water partition coefficient (Wildman–Crippen LogP) is 3.33. The van der Waals surface area contributed by atoms with Crippen molar-refractivity contribution >= 4 is 12.0 Å². The monoisotopic (exact) mass is 777 g/mol. The Morgan fingerprint density at radius 2 is 1.24 bits per heavy atom. The first-order valence-electron chi connectivity index (χ1n) is 19.5. The first kappa shape index (κ1) is 40.7. The summed E-state index contributed by atoms with van der Waals surface area (Å²) >= 11 is 0. The van der Waals surface area contributed by atoms with Crippen molar-refractivity contribution in [3.05, 3.63) is 35.9 Å². The summed E-state index contributed by atoms with van der Waals surface area (Å²) in [6.45, 7) is 16.2. The van der Waals surface area contributed by atoms with Gasteiger partial charge in [-0.05, 0) is 86.6 Å². The molecule has 6 aliphatic heterocycles. The fourth-order valence-electron chi connectivity index (χ4n) is 8.78. The van der Waals surface area contributed by atoms with Crippen molar-refractivity contribution in [3.63, 3.8) is 0 Å². The van der Waals surface area contributed by atoms with Crippen LogP contribution in [-0.2, 0) is 63.5 Å². The van der Waals surface area contributed by atoms with Gasteiger partial charge in [-0.2, -0.15) is 0 Å². The number of benzene rings is 1. The summed E-state index contributed by atoms with van der Waals surface area (Å²) in [4.78, 5) is 25.3. The van der Waals surface area contributed by atoms with Crippen molar-refractivity contribution in [1.82, 2.24) is 10.6 Å². The van der Waals surface area contributed by atoms with E-state index in [9.17, 15) is 9.59 Å². The number of alkyl carbamates (subject to hydrolysis) is 1. The molecule has 1 aromatic rings. The second-order valence-corrected chi connectivity index (χ2v) is 17.3. The molecule has 55 heavy (non-hydrogen) atoms. The fourth-order valence-corrected chi connectivity index (χ4v) is 8.78. The van der Waals surface area contributed by atoms with Gasteiger partial charge in [0.15, 0.2) is 23.1 Å². The van der Waals surface area contributed by atoms with Gasteiger partial charge in [-0.15, -0.1) is 0 Å². The van der Waals surface area contributed by atoms with Gasteiger partial charge in [0.05, 0.1) is 26.3 Å². The first-order valence-corrected chi connectivity index (χ1v) is 19.5. The van der Waals surface area contributed by atoms with E-state index < -0.39 is 46.9 Å².